The maximum absolute atomic E-state index is 5.09. The van der Waals surface area contributed by atoms with Crippen LogP contribution in [0, 0.1) is 0 Å². The van der Waals surface area contributed by atoms with E-state index in [0.717, 1.165) is 111 Å². The third kappa shape index (κ3) is 8.78. The minimum absolute atomic E-state index is 0.586. The zero-order valence-electron chi connectivity index (χ0n) is 45.6. The summed E-state index contributed by atoms with van der Waals surface area (Å²) in [6, 6.07) is 97.9. The van der Waals surface area contributed by atoms with Crippen LogP contribution in [0.4, 0.5) is 0 Å². The summed E-state index contributed by atoms with van der Waals surface area (Å²) in [5, 5.41) is 14.6. The molecule has 0 atom stereocenters. The second-order valence-electron chi connectivity index (χ2n) is 20.9. The molecule has 0 amide bonds. The number of hydrogen-bond donors (Lipinski definition) is 0. The molecule has 0 spiro atoms. The van der Waals surface area contributed by atoms with Crippen LogP contribution < -0.4 is 0 Å². The van der Waals surface area contributed by atoms with Gasteiger partial charge >= 0.3 is 0 Å². The van der Waals surface area contributed by atoms with Crippen LogP contribution in [0.2, 0.25) is 0 Å². The number of rotatable bonds is 11. The molecule has 5 aromatic heterocycles. The highest BCUT2D eigenvalue weighted by Gasteiger charge is 2.23. The molecule has 0 aliphatic rings. The number of hydrogen-bond acceptors (Lipinski definition) is 8. The minimum atomic E-state index is 0.586. The molecule has 11 aromatic carbocycles. The van der Waals surface area contributed by atoms with Gasteiger partial charge in [-0.15, -0.1) is 10.2 Å². The summed E-state index contributed by atoms with van der Waals surface area (Å²) in [5.41, 5.74) is 14.4. The Morgan fingerprint density at radius 2 is 0.518 bits per heavy atom. The molecule has 16 aromatic rings. The van der Waals surface area contributed by atoms with E-state index in [2.05, 4.69) is 171 Å². The van der Waals surface area contributed by atoms with Crippen molar-refractivity contribution in [2.24, 2.45) is 0 Å². The Bertz CT molecular complexity index is 5060. The smallest absolute Gasteiger partial charge is 0.168 e. The van der Waals surface area contributed by atoms with Gasteiger partial charge in [0.1, 0.15) is 0 Å². The number of nitrogens with zero attached hydrogens (tertiary/aromatic N) is 11. The van der Waals surface area contributed by atoms with Crippen molar-refractivity contribution >= 4 is 43.6 Å². The predicted octanol–water partition coefficient (Wildman–Crippen LogP) is 17.2. The molecule has 0 saturated heterocycles. The van der Waals surface area contributed by atoms with Crippen LogP contribution in [0.15, 0.2) is 285 Å². The molecule has 16 rings (SSSR count). The molecule has 11 nitrogen and oxygen atoms in total. The topological polar surface area (TPSA) is 118 Å². The van der Waals surface area contributed by atoms with Crippen LogP contribution in [0.3, 0.4) is 0 Å². The van der Waals surface area contributed by atoms with E-state index in [1.54, 1.807) is 0 Å². The number of para-hydroxylation sites is 3. The summed E-state index contributed by atoms with van der Waals surface area (Å²) in [4.78, 5) is 30.2. The lowest BCUT2D eigenvalue weighted by molar-refractivity contribution is 1.07. The van der Waals surface area contributed by atoms with Crippen molar-refractivity contribution in [2.75, 3.05) is 0 Å². The lowest BCUT2D eigenvalue weighted by Crippen LogP contribution is -2.01. The van der Waals surface area contributed by atoms with Crippen molar-refractivity contribution in [1.82, 2.24) is 53.8 Å². The molecule has 0 bridgehead atoms. The number of aromatic nitrogens is 11. The zero-order valence-corrected chi connectivity index (χ0v) is 45.6. The van der Waals surface area contributed by atoms with Gasteiger partial charge < -0.3 is 9.13 Å². The molecule has 11 heteroatoms. The molecule has 5 heterocycles. The van der Waals surface area contributed by atoms with Crippen molar-refractivity contribution in [2.45, 2.75) is 0 Å². The second kappa shape index (κ2) is 20.6. The molecule has 0 N–H and O–H groups in total. The fourth-order valence-corrected chi connectivity index (χ4v) is 11.7. The van der Waals surface area contributed by atoms with E-state index in [9.17, 15) is 0 Å². The Kier molecular flexibility index (Phi) is 11.9. The molecule has 0 unspecified atom stereocenters. The molecular weight excluding hydrogens is 1040 g/mol. The summed E-state index contributed by atoms with van der Waals surface area (Å²) in [7, 11) is 0. The highest BCUT2D eigenvalue weighted by Crippen LogP contribution is 2.40. The Hall–Kier alpha value is -11.8. The van der Waals surface area contributed by atoms with Gasteiger partial charge in [0.15, 0.2) is 46.6 Å². The van der Waals surface area contributed by atoms with E-state index in [1.807, 2.05) is 127 Å². The zero-order chi connectivity index (χ0) is 56.2. The standard InChI is InChI=1S/C74H47N11/c1-6-22-48(23-7-1)67-75-68(49-24-8-2-9-25-49)78-71(77-67)52-30-20-34-57(44-52)83-64-39-19-17-37-60(64)62-46-54(41-43-65(62)83)73-81-82-74(85(73)56-32-14-5-15-33-56)55-40-42-61-59-36-16-18-38-63(59)84(66(61)47-55)58-35-21-31-53(45-58)72-79-69(50-26-10-3-11-27-50)76-70(80-72)51-28-12-4-13-29-51/h1-47H. The van der Waals surface area contributed by atoms with Crippen molar-refractivity contribution in [3.63, 3.8) is 0 Å². The largest absolute Gasteiger partial charge is 0.309 e. The molecule has 398 valence electrons. The van der Waals surface area contributed by atoms with E-state index >= 15 is 0 Å². The minimum Gasteiger partial charge on any atom is -0.309 e. The van der Waals surface area contributed by atoms with Gasteiger partial charge in [-0.3, -0.25) is 4.57 Å². The van der Waals surface area contributed by atoms with Crippen molar-refractivity contribution < 1.29 is 0 Å². The summed E-state index contributed by atoms with van der Waals surface area (Å²) >= 11 is 0. The van der Waals surface area contributed by atoms with Gasteiger partial charge in [0.25, 0.3) is 0 Å². The first-order valence-electron chi connectivity index (χ1n) is 28.2. The van der Waals surface area contributed by atoms with Crippen molar-refractivity contribution in [3.8, 4) is 108 Å². The maximum Gasteiger partial charge on any atom is 0.168 e. The molecule has 0 aliphatic carbocycles. The van der Waals surface area contributed by atoms with Gasteiger partial charge in [-0.05, 0) is 72.8 Å². The van der Waals surface area contributed by atoms with Gasteiger partial charge in [0.05, 0.1) is 22.1 Å². The highest BCUT2D eigenvalue weighted by atomic mass is 15.3. The third-order valence-corrected chi connectivity index (χ3v) is 15.7. The van der Waals surface area contributed by atoms with Crippen molar-refractivity contribution in [1.29, 1.82) is 0 Å². The Balaban J connectivity index is 0.812. The van der Waals surface area contributed by atoms with Gasteiger partial charge in [0.2, 0.25) is 0 Å². The Morgan fingerprint density at radius 3 is 0.988 bits per heavy atom. The SMILES string of the molecule is c1ccc(-c2nc(-c3ccccc3)nc(-c3cccc(-n4c5ccccc5c5cc(-c6nnc(-c7ccc8c9ccccc9n(-c9cccc(-c%10nc(-c%11ccccc%11)nc(-c%11ccccc%11)n%10)c9)c8c7)n6-c6ccccc6)ccc54)c3)n2)cc1. The van der Waals surface area contributed by atoms with Crippen LogP contribution >= 0.6 is 0 Å². The molecule has 0 saturated carbocycles. The fourth-order valence-electron chi connectivity index (χ4n) is 11.7. The summed E-state index contributed by atoms with van der Waals surface area (Å²) in [6.45, 7) is 0. The second-order valence-corrected chi connectivity index (χ2v) is 20.9. The summed E-state index contributed by atoms with van der Waals surface area (Å²) < 4.78 is 6.82. The Morgan fingerprint density at radius 1 is 0.188 bits per heavy atom. The summed E-state index contributed by atoms with van der Waals surface area (Å²) in [5.74, 6) is 5.06. The van der Waals surface area contributed by atoms with E-state index in [-0.39, 0.29) is 0 Å². The number of benzene rings is 11. The first-order valence-corrected chi connectivity index (χ1v) is 28.2. The molecular formula is C74H47N11. The van der Waals surface area contributed by atoms with Crippen LogP contribution in [0.25, 0.3) is 152 Å². The average molecular weight is 1090 g/mol. The van der Waals surface area contributed by atoms with Gasteiger partial charge in [0, 0.05) is 83.1 Å². The Labute approximate surface area is 488 Å². The summed E-state index contributed by atoms with van der Waals surface area (Å²) in [6.07, 6.45) is 0. The van der Waals surface area contributed by atoms with Gasteiger partial charge in [-0.25, -0.2) is 29.9 Å². The fraction of sp³-hybridized carbons (Fsp3) is 0. The van der Waals surface area contributed by atoms with Gasteiger partial charge in [-0.1, -0.05) is 212 Å². The molecule has 85 heavy (non-hydrogen) atoms. The van der Waals surface area contributed by atoms with Crippen LogP contribution in [0.1, 0.15) is 0 Å². The van der Waals surface area contributed by atoms with Crippen LogP contribution in [-0.4, -0.2) is 53.8 Å². The van der Waals surface area contributed by atoms with Gasteiger partial charge in [-0.2, -0.15) is 0 Å². The van der Waals surface area contributed by atoms with Crippen LogP contribution in [0.5, 0.6) is 0 Å². The maximum atomic E-state index is 5.09. The third-order valence-electron chi connectivity index (χ3n) is 15.7. The average Bonchev–Trinajstić information content (AvgIpc) is 4.45. The lowest BCUT2D eigenvalue weighted by atomic mass is 10.1. The predicted molar refractivity (Wildman–Crippen MR) is 340 cm³/mol. The highest BCUT2D eigenvalue weighted by molar-refractivity contribution is 6.11. The van der Waals surface area contributed by atoms with E-state index < -0.39 is 0 Å². The lowest BCUT2D eigenvalue weighted by Gasteiger charge is -2.13. The first kappa shape index (κ1) is 49.0. The van der Waals surface area contributed by atoms with E-state index in [4.69, 9.17) is 40.1 Å². The monoisotopic (exact) mass is 1090 g/mol. The molecule has 0 fully saturated rings. The number of fused-ring (bicyclic) bond motifs is 6. The normalized spacial score (nSPS) is 11.5. The first-order chi connectivity index (χ1) is 42.1. The van der Waals surface area contributed by atoms with Crippen LogP contribution in [-0.2, 0) is 0 Å². The van der Waals surface area contributed by atoms with Crippen molar-refractivity contribution in [3.05, 3.63) is 285 Å². The molecule has 0 aliphatic heterocycles. The quantitative estimate of drug-likeness (QED) is 0.126. The molecule has 0 radical (unpaired) electrons. The van der Waals surface area contributed by atoms with E-state index in [1.165, 1.54) is 0 Å². The van der Waals surface area contributed by atoms with E-state index in [0.29, 0.717) is 40.8 Å².